The van der Waals surface area contributed by atoms with E-state index in [1.54, 1.807) is 0 Å². The van der Waals surface area contributed by atoms with Crippen molar-refractivity contribution in [1.29, 1.82) is 0 Å². The molecule has 0 bridgehead atoms. The topological polar surface area (TPSA) is 38.7 Å². The van der Waals surface area contributed by atoms with Gasteiger partial charge in [-0.2, -0.15) is 0 Å². The molecule has 0 spiro atoms. The summed E-state index contributed by atoms with van der Waals surface area (Å²) in [6.45, 7) is 5.77. The number of aliphatic hydroxyl groups excluding tert-OH is 1. The van der Waals surface area contributed by atoms with Crippen LogP contribution in [-0.2, 0) is 9.47 Å². The zero-order valence-electron chi connectivity index (χ0n) is 14.2. The zero-order valence-corrected chi connectivity index (χ0v) is 14.2. The van der Waals surface area contributed by atoms with Crippen LogP contribution in [0.15, 0.2) is 12.2 Å². The van der Waals surface area contributed by atoms with Crippen LogP contribution in [0.3, 0.4) is 0 Å². The van der Waals surface area contributed by atoms with Crippen molar-refractivity contribution in [3.05, 3.63) is 12.2 Å². The van der Waals surface area contributed by atoms with Crippen LogP contribution in [-0.4, -0.2) is 31.2 Å². The fourth-order valence-corrected chi connectivity index (χ4v) is 2.35. The molecule has 0 rings (SSSR count). The van der Waals surface area contributed by atoms with E-state index in [4.69, 9.17) is 14.6 Å². The summed E-state index contributed by atoms with van der Waals surface area (Å²) in [6, 6.07) is 0. The third-order valence-electron chi connectivity index (χ3n) is 3.48. The van der Waals surface area contributed by atoms with E-state index in [1.807, 2.05) is 13.8 Å². The fourth-order valence-electron chi connectivity index (χ4n) is 2.35. The van der Waals surface area contributed by atoms with E-state index in [0.29, 0.717) is 0 Å². The van der Waals surface area contributed by atoms with Gasteiger partial charge >= 0.3 is 0 Å². The van der Waals surface area contributed by atoms with Crippen LogP contribution in [0.2, 0.25) is 0 Å². The van der Waals surface area contributed by atoms with Gasteiger partial charge in [0.2, 0.25) is 0 Å². The molecule has 0 aromatic carbocycles. The van der Waals surface area contributed by atoms with Crippen LogP contribution < -0.4 is 0 Å². The molecule has 1 N–H and O–H groups in total. The quantitative estimate of drug-likeness (QED) is 0.252. The Labute approximate surface area is 131 Å². The molecule has 0 saturated heterocycles. The minimum absolute atomic E-state index is 0.00529. The molecule has 126 valence electrons. The molecule has 0 aliphatic rings. The van der Waals surface area contributed by atoms with Gasteiger partial charge in [0, 0.05) is 19.8 Å². The summed E-state index contributed by atoms with van der Waals surface area (Å²) in [5.74, 6) is 0. The summed E-state index contributed by atoms with van der Waals surface area (Å²) in [5, 5.41) is 8.64. The number of rotatable bonds is 16. The maximum atomic E-state index is 8.64. The molecule has 3 nitrogen and oxygen atoms in total. The normalized spacial score (nSPS) is 11.8. The van der Waals surface area contributed by atoms with Crippen LogP contribution in [0.4, 0.5) is 0 Å². The first-order valence-corrected chi connectivity index (χ1v) is 8.84. The number of hydrogen-bond donors (Lipinski definition) is 1. The molecule has 0 unspecified atom stereocenters. The highest BCUT2D eigenvalue weighted by Crippen LogP contribution is 2.12. The highest BCUT2D eigenvalue weighted by atomic mass is 16.7. The largest absolute Gasteiger partial charge is 0.396 e. The van der Waals surface area contributed by atoms with Crippen molar-refractivity contribution in [3.63, 3.8) is 0 Å². The first-order chi connectivity index (χ1) is 10.3. The summed E-state index contributed by atoms with van der Waals surface area (Å²) in [5.41, 5.74) is 0. The van der Waals surface area contributed by atoms with Gasteiger partial charge in [-0.25, -0.2) is 0 Å². The fraction of sp³-hybridized carbons (Fsp3) is 0.889. The molecule has 3 heteroatoms. The molecule has 0 atom stereocenters. The Bertz CT molecular complexity index is 211. The van der Waals surface area contributed by atoms with Crippen molar-refractivity contribution < 1.29 is 14.6 Å². The predicted octanol–water partition coefficient (Wildman–Crippen LogP) is 4.84. The number of allylic oxidation sites excluding steroid dienone is 1. The van der Waals surface area contributed by atoms with Crippen molar-refractivity contribution >= 4 is 0 Å². The van der Waals surface area contributed by atoms with Crippen molar-refractivity contribution in [2.24, 2.45) is 0 Å². The lowest BCUT2D eigenvalue weighted by Gasteiger charge is -2.16. The molecule has 0 aromatic rings. The smallest absolute Gasteiger partial charge is 0.157 e. The van der Waals surface area contributed by atoms with E-state index in [9.17, 15) is 0 Å². The zero-order chi connectivity index (χ0) is 15.6. The average Bonchev–Trinajstić information content (AvgIpc) is 2.48. The Kier molecular flexibility index (Phi) is 17.4. The number of unbranched alkanes of at least 4 members (excludes halogenated alkanes) is 7. The Balaban J connectivity index is 3.24. The molecule has 0 radical (unpaired) electrons. The number of aliphatic hydroxyl groups is 1. The molecule has 0 saturated carbocycles. The monoisotopic (exact) mass is 300 g/mol. The lowest BCUT2D eigenvalue weighted by Crippen LogP contribution is -2.17. The Morgan fingerprint density at radius 3 is 1.86 bits per heavy atom. The van der Waals surface area contributed by atoms with Gasteiger partial charge in [0.25, 0.3) is 0 Å². The van der Waals surface area contributed by atoms with Crippen LogP contribution in [0, 0.1) is 0 Å². The van der Waals surface area contributed by atoms with Crippen molar-refractivity contribution in [1.82, 2.24) is 0 Å². The number of hydrogen-bond acceptors (Lipinski definition) is 3. The SMILES string of the molecule is CCOC(CCCCCCCCC/C=C\CCO)OCC. The third kappa shape index (κ3) is 15.8. The first-order valence-electron chi connectivity index (χ1n) is 8.84. The van der Waals surface area contributed by atoms with E-state index >= 15 is 0 Å². The van der Waals surface area contributed by atoms with Gasteiger partial charge in [-0.05, 0) is 46.0 Å². The summed E-state index contributed by atoms with van der Waals surface area (Å²) >= 11 is 0. The van der Waals surface area contributed by atoms with Gasteiger partial charge in [0.05, 0.1) is 0 Å². The number of ether oxygens (including phenoxy) is 2. The molecular formula is C18H36O3. The molecular weight excluding hydrogens is 264 g/mol. The van der Waals surface area contributed by atoms with Gasteiger partial charge in [0.15, 0.2) is 6.29 Å². The Hall–Kier alpha value is -0.380. The Morgan fingerprint density at radius 1 is 0.762 bits per heavy atom. The van der Waals surface area contributed by atoms with Crippen LogP contribution in [0.1, 0.15) is 78.1 Å². The lowest BCUT2D eigenvalue weighted by atomic mass is 10.1. The van der Waals surface area contributed by atoms with Crippen molar-refractivity contribution in [3.8, 4) is 0 Å². The minimum Gasteiger partial charge on any atom is -0.396 e. The summed E-state index contributed by atoms with van der Waals surface area (Å²) in [4.78, 5) is 0. The van der Waals surface area contributed by atoms with Gasteiger partial charge in [-0.1, -0.05) is 44.3 Å². The van der Waals surface area contributed by atoms with E-state index < -0.39 is 0 Å². The minimum atomic E-state index is 0.00529. The molecule has 0 aliphatic heterocycles. The summed E-state index contributed by atoms with van der Waals surface area (Å²) in [7, 11) is 0. The second-order valence-electron chi connectivity index (χ2n) is 5.38. The maximum absolute atomic E-state index is 8.64. The van der Waals surface area contributed by atoms with E-state index in [2.05, 4.69) is 12.2 Å². The van der Waals surface area contributed by atoms with Crippen molar-refractivity contribution in [2.75, 3.05) is 19.8 Å². The highest BCUT2D eigenvalue weighted by Gasteiger charge is 2.06. The van der Waals surface area contributed by atoms with Gasteiger partial charge in [-0.3, -0.25) is 0 Å². The summed E-state index contributed by atoms with van der Waals surface area (Å²) < 4.78 is 11.1. The van der Waals surface area contributed by atoms with Gasteiger partial charge < -0.3 is 14.6 Å². The lowest BCUT2D eigenvalue weighted by molar-refractivity contribution is -0.140. The second kappa shape index (κ2) is 17.7. The predicted molar refractivity (Wildman–Crippen MR) is 89.4 cm³/mol. The van der Waals surface area contributed by atoms with Crippen LogP contribution >= 0.6 is 0 Å². The first kappa shape index (κ1) is 20.6. The molecule has 0 amide bonds. The van der Waals surface area contributed by atoms with Crippen molar-refractivity contribution in [2.45, 2.75) is 84.3 Å². The third-order valence-corrected chi connectivity index (χ3v) is 3.48. The molecule has 0 heterocycles. The summed E-state index contributed by atoms with van der Waals surface area (Å²) in [6.07, 6.45) is 16.3. The van der Waals surface area contributed by atoms with Crippen LogP contribution in [0.5, 0.6) is 0 Å². The Morgan fingerprint density at radius 2 is 1.29 bits per heavy atom. The highest BCUT2D eigenvalue weighted by molar-refractivity contribution is 4.80. The molecule has 21 heavy (non-hydrogen) atoms. The molecule has 0 aliphatic carbocycles. The van der Waals surface area contributed by atoms with E-state index in [0.717, 1.165) is 32.5 Å². The average molecular weight is 300 g/mol. The van der Waals surface area contributed by atoms with E-state index in [-0.39, 0.29) is 12.9 Å². The van der Waals surface area contributed by atoms with Gasteiger partial charge in [0.1, 0.15) is 0 Å². The van der Waals surface area contributed by atoms with Crippen LogP contribution in [0.25, 0.3) is 0 Å². The molecule has 0 aromatic heterocycles. The van der Waals surface area contributed by atoms with E-state index in [1.165, 1.54) is 44.9 Å². The van der Waals surface area contributed by atoms with Gasteiger partial charge in [-0.15, -0.1) is 0 Å². The second-order valence-corrected chi connectivity index (χ2v) is 5.38. The standard InChI is InChI=1S/C18H36O3/c1-3-20-18(21-4-2)16-14-12-10-8-6-5-7-9-11-13-15-17-19/h11,13,18-19H,3-10,12,14-17H2,1-2H3/b13-11-. The molecule has 0 fully saturated rings. The maximum Gasteiger partial charge on any atom is 0.157 e.